The van der Waals surface area contributed by atoms with Gasteiger partial charge in [-0.05, 0) is 30.3 Å². The number of aromatic nitrogens is 4. The van der Waals surface area contributed by atoms with Crippen LogP contribution in [-0.4, -0.2) is 25.2 Å². The lowest BCUT2D eigenvalue weighted by Gasteiger charge is -2.09. The van der Waals surface area contributed by atoms with Crippen LogP contribution >= 0.6 is 0 Å². The Kier molecular flexibility index (Phi) is 3.30. The lowest BCUT2D eigenvalue weighted by Crippen LogP contribution is -2.11. The van der Waals surface area contributed by atoms with Crippen LogP contribution in [0.1, 0.15) is 15.9 Å². The molecule has 1 aromatic carbocycles. The van der Waals surface area contributed by atoms with Crippen LogP contribution in [0.25, 0.3) is 27.8 Å². The molecule has 0 aliphatic carbocycles. The van der Waals surface area contributed by atoms with Gasteiger partial charge in [0.25, 0.3) is 0 Å². The molecular formula is C17H12F3N5O. The lowest BCUT2D eigenvalue weighted by atomic mass is 10.2. The summed E-state index contributed by atoms with van der Waals surface area (Å²) in [7, 11) is 1.73. The minimum absolute atomic E-state index is 0.243. The van der Waals surface area contributed by atoms with E-state index in [1.54, 1.807) is 28.6 Å². The third-order valence-corrected chi connectivity index (χ3v) is 4.13. The fraction of sp³-hybridized carbons (Fsp3) is 0.118. The molecule has 0 atom stereocenters. The van der Waals surface area contributed by atoms with Gasteiger partial charge >= 0.3 is 6.18 Å². The Balaban J connectivity index is 2.00. The van der Waals surface area contributed by atoms with Crippen molar-refractivity contribution in [2.75, 3.05) is 0 Å². The Morgan fingerprint density at radius 3 is 2.42 bits per heavy atom. The van der Waals surface area contributed by atoms with Gasteiger partial charge in [-0.1, -0.05) is 0 Å². The van der Waals surface area contributed by atoms with E-state index in [0.717, 1.165) is 17.5 Å². The summed E-state index contributed by atoms with van der Waals surface area (Å²) in [5.41, 5.74) is 6.31. The molecule has 0 spiro atoms. The Bertz CT molecular complexity index is 1160. The molecule has 0 radical (unpaired) electrons. The van der Waals surface area contributed by atoms with Gasteiger partial charge < -0.3 is 5.73 Å². The van der Waals surface area contributed by atoms with Gasteiger partial charge in [0, 0.05) is 35.9 Å². The first-order chi connectivity index (χ1) is 12.3. The van der Waals surface area contributed by atoms with Crippen molar-refractivity contribution >= 4 is 28.0 Å². The molecule has 2 N–H and O–H groups in total. The van der Waals surface area contributed by atoms with E-state index in [0.29, 0.717) is 22.4 Å². The number of carbonyl (C=O) groups is 1. The Morgan fingerprint density at radius 1 is 1.12 bits per heavy atom. The monoisotopic (exact) mass is 359 g/mol. The van der Waals surface area contributed by atoms with E-state index in [9.17, 15) is 18.0 Å². The molecule has 0 saturated heterocycles. The minimum Gasteiger partial charge on any atom is -0.366 e. The summed E-state index contributed by atoms with van der Waals surface area (Å²) >= 11 is 0. The first kappa shape index (κ1) is 16.1. The number of aryl methyl sites for hydroxylation is 1. The van der Waals surface area contributed by atoms with Crippen molar-refractivity contribution in [1.29, 1.82) is 0 Å². The number of hydrogen-bond donors (Lipinski definition) is 1. The number of amides is 1. The number of hydrogen-bond acceptors (Lipinski definition) is 3. The van der Waals surface area contributed by atoms with E-state index in [2.05, 4.69) is 10.1 Å². The van der Waals surface area contributed by atoms with E-state index in [4.69, 9.17) is 5.73 Å². The molecule has 26 heavy (non-hydrogen) atoms. The number of alkyl halides is 3. The maximum atomic E-state index is 12.8. The smallest absolute Gasteiger partial charge is 0.366 e. The SMILES string of the molecule is Cn1cc2c3cc(C(N)=O)cnc3n(-c3ccc(C(F)(F)F)cc3)c2n1. The summed E-state index contributed by atoms with van der Waals surface area (Å²) in [6.45, 7) is 0. The number of primary amides is 1. The second-order valence-corrected chi connectivity index (χ2v) is 5.88. The van der Waals surface area contributed by atoms with E-state index in [1.807, 2.05) is 0 Å². The Labute approximate surface area is 144 Å². The van der Waals surface area contributed by atoms with Crippen LogP contribution in [0.4, 0.5) is 13.2 Å². The average Bonchev–Trinajstić information content (AvgIpc) is 3.08. The molecule has 0 aliphatic heterocycles. The molecule has 0 fully saturated rings. The number of pyridine rings is 1. The van der Waals surface area contributed by atoms with Crippen LogP contribution in [0.5, 0.6) is 0 Å². The van der Waals surface area contributed by atoms with Crippen molar-refractivity contribution in [1.82, 2.24) is 19.3 Å². The van der Waals surface area contributed by atoms with Crippen molar-refractivity contribution < 1.29 is 18.0 Å². The first-order valence-corrected chi connectivity index (χ1v) is 7.57. The van der Waals surface area contributed by atoms with Crippen LogP contribution in [0.3, 0.4) is 0 Å². The van der Waals surface area contributed by atoms with Gasteiger partial charge in [-0.3, -0.25) is 14.0 Å². The van der Waals surface area contributed by atoms with Crippen molar-refractivity contribution in [2.24, 2.45) is 12.8 Å². The summed E-state index contributed by atoms with van der Waals surface area (Å²) in [6.07, 6.45) is -1.32. The minimum atomic E-state index is -4.41. The zero-order valence-corrected chi connectivity index (χ0v) is 13.4. The summed E-state index contributed by atoms with van der Waals surface area (Å²) in [5.74, 6) is -0.612. The fourth-order valence-corrected chi connectivity index (χ4v) is 2.94. The Morgan fingerprint density at radius 2 is 1.81 bits per heavy atom. The summed E-state index contributed by atoms with van der Waals surface area (Å²) in [5, 5.41) is 5.74. The maximum absolute atomic E-state index is 12.8. The molecule has 3 aromatic heterocycles. The van der Waals surface area contributed by atoms with E-state index in [-0.39, 0.29) is 5.56 Å². The molecule has 3 heterocycles. The summed E-state index contributed by atoms with van der Waals surface area (Å²) in [4.78, 5) is 15.7. The van der Waals surface area contributed by atoms with Crippen LogP contribution in [0, 0.1) is 0 Å². The standard InChI is InChI=1S/C17H12F3N5O/c1-24-8-13-12-6-9(14(21)26)7-22-15(12)25(16(13)23-24)11-4-2-10(3-5-11)17(18,19)20/h2-8H,1H3,(H2,21,26). The van der Waals surface area contributed by atoms with Crippen LogP contribution in [0.2, 0.25) is 0 Å². The number of nitrogens with two attached hydrogens (primary N) is 1. The number of rotatable bonds is 2. The zero-order chi connectivity index (χ0) is 18.6. The van der Waals surface area contributed by atoms with Crippen molar-refractivity contribution in [3.8, 4) is 5.69 Å². The third kappa shape index (κ3) is 2.40. The van der Waals surface area contributed by atoms with Gasteiger partial charge in [-0.2, -0.15) is 18.3 Å². The second kappa shape index (κ2) is 5.32. The molecule has 0 bridgehead atoms. The van der Waals surface area contributed by atoms with Gasteiger partial charge in [-0.25, -0.2) is 4.98 Å². The molecule has 1 amide bonds. The first-order valence-electron chi connectivity index (χ1n) is 7.57. The van der Waals surface area contributed by atoms with Gasteiger partial charge in [0.1, 0.15) is 5.65 Å². The molecule has 132 valence electrons. The third-order valence-electron chi connectivity index (χ3n) is 4.13. The number of carbonyl (C=O) groups excluding carboxylic acids is 1. The lowest BCUT2D eigenvalue weighted by molar-refractivity contribution is -0.137. The van der Waals surface area contributed by atoms with Crippen molar-refractivity contribution in [3.05, 3.63) is 53.9 Å². The molecule has 4 rings (SSSR count). The number of nitrogens with zero attached hydrogens (tertiary/aromatic N) is 4. The van der Waals surface area contributed by atoms with E-state index >= 15 is 0 Å². The topological polar surface area (TPSA) is 78.7 Å². The quantitative estimate of drug-likeness (QED) is 0.597. The van der Waals surface area contributed by atoms with Crippen LogP contribution in [0.15, 0.2) is 42.7 Å². The number of fused-ring (bicyclic) bond motifs is 3. The van der Waals surface area contributed by atoms with Crippen LogP contribution < -0.4 is 5.73 Å². The highest BCUT2D eigenvalue weighted by Gasteiger charge is 2.30. The molecule has 0 aliphatic rings. The van der Waals surface area contributed by atoms with Crippen molar-refractivity contribution in [2.45, 2.75) is 6.18 Å². The highest BCUT2D eigenvalue weighted by Crippen LogP contribution is 2.33. The summed E-state index contributed by atoms with van der Waals surface area (Å²) < 4.78 is 41.7. The molecule has 6 nitrogen and oxygen atoms in total. The van der Waals surface area contributed by atoms with E-state index < -0.39 is 17.6 Å². The number of halogens is 3. The molecule has 0 unspecified atom stereocenters. The zero-order valence-electron chi connectivity index (χ0n) is 13.4. The van der Waals surface area contributed by atoms with Crippen molar-refractivity contribution in [3.63, 3.8) is 0 Å². The largest absolute Gasteiger partial charge is 0.416 e. The van der Waals surface area contributed by atoms with Gasteiger partial charge in [0.05, 0.1) is 11.1 Å². The predicted molar refractivity (Wildman–Crippen MR) is 88.9 cm³/mol. The molecule has 0 saturated carbocycles. The highest BCUT2D eigenvalue weighted by atomic mass is 19.4. The van der Waals surface area contributed by atoms with E-state index in [1.165, 1.54) is 18.3 Å². The fourth-order valence-electron chi connectivity index (χ4n) is 2.94. The van der Waals surface area contributed by atoms with Gasteiger partial charge in [0.2, 0.25) is 5.91 Å². The van der Waals surface area contributed by atoms with Gasteiger partial charge in [0.15, 0.2) is 5.65 Å². The van der Waals surface area contributed by atoms with Gasteiger partial charge in [-0.15, -0.1) is 0 Å². The molecule has 9 heteroatoms. The number of benzene rings is 1. The second-order valence-electron chi connectivity index (χ2n) is 5.88. The molecule has 4 aromatic rings. The Hall–Kier alpha value is -3.36. The predicted octanol–water partition coefficient (Wildman–Crippen LogP) is 3.03. The average molecular weight is 359 g/mol. The molecular weight excluding hydrogens is 347 g/mol. The normalized spacial score (nSPS) is 12.2. The maximum Gasteiger partial charge on any atom is 0.416 e. The summed E-state index contributed by atoms with van der Waals surface area (Å²) in [6, 6.07) is 6.34. The van der Waals surface area contributed by atoms with Crippen LogP contribution in [-0.2, 0) is 13.2 Å². The highest BCUT2D eigenvalue weighted by molar-refractivity contribution is 6.08.